The number of furan rings is 1. The van der Waals surface area contributed by atoms with Crippen molar-refractivity contribution in [3.05, 3.63) is 48.7 Å². The van der Waals surface area contributed by atoms with E-state index < -0.39 is 0 Å². The molecule has 15 heavy (non-hydrogen) atoms. The molecular weight excluding hydrogens is 184 g/mol. The summed E-state index contributed by atoms with van der Waals surface area (Å²) >= 11 is 0. The van der Waals surface area contributed by atoms with E-state index in [0.29, 0.717) is 0 Å². The van der Waals surface area contributed by atoms with Crippen LogP contribution in [0.5, 0.6) is 0 Å². The fraction of sp³-hybridized carbons (Fsp3) is 0.143. The Labute approximate surface area is 89.7 Å². The molecule has 0 bridgehead atoms. The fourth-order valence-electron chi connectivity index (χ4n) is 1.77. The van der Waals surface area contributed by atoms with Crippen LogP contribution >= 0.6 is 0 Å². The number of para-hydroxylation sites is 1. The minimum atomic E-state index is 0.851. The minimum Gasteiger partial charge on any atom is -0.456 e. The SMILES string of the molecule is C=C(C)c1oc2ccccc2c1C(=C)C. The van der Waals surface area contributed by atoms with Crippen LogP contribution in [0.2, 0.25) is 0 Å². The third-order valence-electron chi connectivity index (χ3n) is 2.41. The third kappa shape index (κ3) is 1.50. The number of benzene rings is 1. The van der Waals surface area contributed by atoms with Crippen molar-refractivity contribution in [2.24, 2.45) is 0 Å². The lowest BCUT2D eigenvalue weighted by molar-refractivity contribution is 0.598. The van der Waals surface area contributed by atoms with E-state index >= 15 is 0 Å². The summed E-state index contributed by atoms with van der Waals surface area (Å²) < 4.78 is 5.76. The quantitative estimate of drug-likeness (QED) is 0.692. The number of rotatable bonds is 2. The van der Waals surface area contributed by atoms with Gasteiger partial charge in [0.15, 0.2) is 0 Å². The number of hydrogen-bond donors (Lipinski definition) is 0. The topological polar surface area (TPSA) is 13.1 Å². The molecule has 0 aliphatic heterocycles. The van der Waals surface area contributed by atoms with Crippen LogP contribution in [0.3, 0.4) is 0 Å². The fourth-order valence-corrected chi connectivity index (χ4v) is 1.77. The Hall–Kier alpha value is -1.76. The summed E-state index contributed by atoms with van der Waals surface area (Å²) in [6.07, 6.45) is 0. The molecule has 76 valence electrons. The van der Waals surface area contributed by atoms with Crippen LogP contribution in [-0.2, 0) is 0 Å². The summed E-state index contributed by atoms with van der Waals surface area (Å²) in [5.41, 5.74) is 3.92. The molecule has 0 amide bonds. The molecular formula is C14H14O. The maximum atomic E-state index is 5.76. The Bertz CT molecular complexity index is 543. The number of hydrogen-bond acceptors (Lipinski definition) is 1. The molecule has 0 fully saturated rings. The predicted octanol–water partition coefficient (Wildman–Crippen LogP) is 4.50. The Morgan fingerprint density at radius 1 is 1.07 bits per heavy atom. The molecule has 0 unspecified atom stereocenters. The zero-order valence-electron chi connectivity index (χ0n) is 9.13. The second kappa shape index (κ2) is 3.43. The normalized spacial score (nSPS) is 10.5. The van der Waals surface area contributed by atoms with Crippen LogP contribution in [0.25, 0.3) is 22.1 Å². The Balaban J connectivity index is 2.86. The van der Waals surface area contributed by atoms with Crippen LogP contribution in [-0.4, -0.2) is 0 Å². The average molecular weight is 198 g/mol. The van der Waals surface area contributed by atoms with E-state index in [0.717, 1.165) is 33.4 Å². The van der Waals surface area contributed by atoms with Crippen LogP contribution in [0.15, 0.2) is 41.8 Å². The summed E-state index contributed by atoms with van der Waals surface area (Å²) in [5.74, 6) is 0.851. The molecule has 2 aromatic rings. The molecule has 1 heteroatoms. The Kier molecular flexibility index (Phi) is 2.24. The van der Waals surface area contributed by atoms with Crippen molar-refractivity contribution in [3.63, 3.8) is 0 Å². The Morgan fingerprint density at radius 2 is 1.73 bits per heavy atom. The summed E-state index contributed by atoms with van der Waals surface area (Å²) in [5, 5.41) is 1.11. The first-order chi connectivity index (χ1) is 7.11. The zero-order valence-corrected chi connectivity index (χ0v) is 9.13. The monoisotopic (exact) mass is 198 g/mol. The molecule has 1 nitrogen and oxygen atoms in total. The van der Waals surface area contributed by atoms with Gasteiger partial charge in [0.2, 0.25) is 0 Å². The lowest BCUT2D eigenvalue weighted by Crippen LogP contribution is -1.81. The van der Waals surface area contributed by atoms with Gasteiger partial charge in [0.1, 0.15) is 11.3 Å². The average Bonchev–Trinajstić information content (AvgIpc) is 2.56. The van der Waals surface area contributed by atoms with Gasteiger partial charge in [-0.1, -0.05) is 31.4 Å². The van der Waals surface area contributed by atoms with Crippen LogP contribution < -0.4 is 0 Å². The van der Waals surface area contributed by atoms with Crippen molar-refractivity contribution >= 4 is 22.1 Å². The van der Waals surface area contributed by atoms with Gasteiger partial charge < -0.3 is 4.42 Å². The highest BCUT2D eigenvalue weighted by Crippen LogP contribution is 2.33. The van der Waals surface area contributed by atoms with Gasteiger partial charge in [0, 0.05) is 10.9 Å². The van der Waals surface area contributed by atoms with E-state index in [4.69, 9.17) is 4.42 Å². The first-order valence-electron chi connectivity index (χ1n) is 4.94. The predicted molar refractivity (Wildman–Crippen MR) is 65.6 cm³/mol. The first kappa shape index (κ1) is 9.78. The molecule has 1 aromatic heterocycles. The maximum Gasteiger partial charge on any atom is 0.137 e. The van der Waals surface area contributed by atoms with Crippen molar-refractivity contribution in [2.45, 2.75) is 13.8 Å². The summed E-state index contributed by atoms with van der Waals surface area (Å²) in [7, 11) is 0. The lowest BCUT2D eigenvalue weighted by atomic mass is 10.0. The maximum absolute atomic E-state index is 5.76. The molecule has 0 aliphatic rings. The first-order valence-corrected chi connectivity index (χ1v) is 4.94. The minimum absolute atomic E-state index is 0.851. The standard InChI is InChI=1S/C14H14O/c1-9(2)13-11-7-5-6-8-12(11)15-14(13)10(3)4/h5-8H,1,3H2,2,4H3. The van der Waals surface area contributed by atoms with Gasteiger partial charge in [-0.05, 0) is 31.1 Å². The molecule has 0 aliphatic carbocycles. The van der Waals surface area contributed by atoms with E-state index in [1.807, 2.05) is 32.0 Å². The largest absolute Gasteiger partial charge is 0.456 e. The smallest absolute Gasteiger partial charge is 0.137 e. The lowest BCUT2D eigenvalue weighted by Gasteiger charge is -2.00. The molecule has 0 radical (unpaired) electrons. The van der Waals surface area contributed by atoms with Crippen molar-refractivity contribution < 1.29 is 4.42 Å². The summed E-state index contributed by atoms with van der Waals surface area (Å²) in [6.45, 7) is 11.9. The Morgan fingerprint density at radius 3 is 2.33 bits per heavy atom. The van der Waals surface area contributed by atoms with E-state index in [2.05, 4.69) is 19.2 Å². The summed E-state index contributed by atoms with van der Waals surface area (Å²) in [4.78, 5) is 0. The van der Waals surface area contributed by atoms with Gasteiger partial charge in [-0.15, -0.1) is 0 Å². The highest BCUT2D eigenvalue weighted by atomic mass is 16.3. The van der Waals surface area contributed by atoms with Gasteiger partial charge in [-0.2, -0.15) is 0 Å². The highest BCUT2D eigenvalue weighted by Gasteiger charge is 2.14. The third-order valence-corrected chi connectivity index (χ3v) is 2.41. The van der Waals surface area contributed by atoms with Crippen molar-refractivity contribution in [1.82, 2.24) is 0 Å². The van der Waals surface area contributed by atoms with E-state index in [1.54, 1.807) is 0 Å². The van der Waals surface area contributed by atoms with Gasteiger partial charge in [0.05, 0.1) is 0 Å². The number of allylic oxidation sites excluding steroid dienone is 2. The van der Waals surface area contributed by atoms with Crippen molar-refractivity contribution in [2.75, 3.05) is 0 Å². The molecule has 0 saturated heterocycles. The van der Waals surface area contributed by atoms with Crippen molar-refractivity contribution in [3.8, 4) is 0 Å². The molecule has 1 aromatic carbocycles. The second-order valence-electron chi connectivity index (χ2n) is 3.86. The molecule has 0 spiro atoms. The van der Waals surface area contributed by atoms with Crippen LogP contribution in [0.1, 0.15) is 25.2 Å². The van der Waals surface area contributed by atoms with Gasteiger partial charge >= 0.3 is 0 Å². The van der Waals surface area contributed by atoms with Crippen LogP contribution in [0.4, 0.5) is 0 Å². The van der Waals surface area contributed by atoms with Gasteiger partial charge in [-0.3, -0.25) is 0 Å². The van der Waals surface area contributed by atoms with Crippen LogP contribution in [0, 0.1) is 0 Å². The highest BCUT2D eigenvalue weighted by molar-refractivity contribution is 5.95. The number of fused-ring (bicyclic) bond motifs is 1. The molecule has 0 saturated carbocycles. The zero-order chi connectivity index (χ0) is 11.0. The van der Waals surface area contributed by atoms with Crippen molar-refractivity contribution in [1.29, 1.82) is 0 Å². The second-order valence-corrected chi connectivity index (χ2v) is 3.86. The molecule has 0 N–H and O–H groups in total. The van der Waals surface area contributed by atoms with E-state index in [1.165, 1.54) is 0 Å². The summed E-state index contributed by atoms with van der Waals surface area (Å²) in [6, 6.07) is 7.99. The molecule has 0 atom stereocenters. The molecule has 1 heterocycles. The van der Waals surface area contributed by atoms with Gasteiger partial charge in [-0.25, -0.2) is 0 Å². The van der Waals surface area contributed by atoms with E-state index in [-0.39, 0.29) is 0 Å². The van der Waals surface area contributed by atoms with Gasteiger partial charge in [0.25, 0.3) is 0 Å². The molecule has 2 rings (SSSR count). The van der Waals surface area contributed by atoms with E-state index in [9.17, 15) is 0 Å².